The number of anilines is 1. The van der Waals surface area contributed by atoms with Crippen molar-refractivity contribution >= 4 is 44.5 Å². The standard InChI is InChI=1S/C17H14FN5OS3/c1-10-8-25-16-20-13(6-14(24)23(10)16)9-26-17-22-21-15(27-17)19-7-11-2-4-12(18)5-3-11/h2-6,8H,7,9H2,1H3,(H,19,21). The maximum atomic E-state index is 12.9. The highest BCUT2D eigenvalue weighted by Crippen LogP contribution is 2.28. The molecule has 1 aromatic carbocycles. The highest BCUT2D eigenvalue weighted by atomic mass is 32.2. The van der Waals surface area contributed by atoms with Crippen LogP contribution in [-0.4, -0.2) is 19.6 Å². The first-order valence-corrected chi connectivity index (χ1v) is 10.7. The van der Waals surface area contributed by atoms with Gasteiger partial charge in [-0.25, -0.2) is 9.37 Å². The van der Waals surface area contributed by atoms with E-state index in [-0.39, 0.29) is 11.4 Å². The van der Waals surface area contributed by atoms with Gasteiger partial charge in [-0.2, -0.15) is 0 Å². The second-order valence-corrected chi connectivity index (χ2v) is 8.76. The smallest absolute Gasteiger partial charge is 0.258 e. The van der Waals surface area contributed by atoms with Crippen molar-refractivity contribution in [2.45, 2.75) is 23.6 Å². The number of nitrogens with one attached hydrogen (secondary N) is 1. The van der Waals surface area contributed by atoms with E-state index in [0.717, 1.165) is 21.3 Å². The van der Waals surface area contributed by atoms with Crippen LogP contribution in [0.25, 0.3) is 4.96 Å². The zero-order valence-electron chi connectivity index (χ0n) is 14.2. The zero-order valence-corrected chi connectivity index (χ0v) is 16.6. The Hall–Kier alpha value is -2.30. The van der Waals surface area contributed by atoms with Gasteiger partial charge in [0.15, 0.2) is 9.30 Å². The van der Waals surface area contributed by atoms with E-state index in [1.54, 1.807) is 22.6 Å². The number of benzene rings is 1. The molecule has 0 saturated carbocycles. The monoisotopic (exact) mass is 419 g/mol. The molecule has 0 amide bonds. The summed E-state index contributed by atoms with van der Waals surface area (Å²) in [5.74, 6) is 0.299. The molecule has 0 aliphatic heterocycles. The summed E-state index contributed by atoms with van der Waals surface area (Å²) >= 11 is 4.38. The Morgan fingerprint density at radius 2 is 2.07 bits per heavy atom. The number of nitrogens with zero attached hydrogens (tertiary/aromatic N) is 4. The number of aromatic nitrogens is 4. The normalized spacial score (nSPS) is 11.2. The molecule has 4 aromatic rings. The minimum absolute atomic E-state index is 0.0618. The van der Waals surface area contributed by atoms with Gasteiger partial charge in [0.1, 0.15) is 5.82 Å². The number of thioether (sulfide) groups is 1. The molecule has 0 aliphatic carbocycles. The summed E-state index contributed by atoms with van der Waals surface area (Å²) in [5.41, 5.74) is 2.52. The molecule has 6 nitrogen and oxygen atoms in total. The van der Waals surface area contributed by atoms with Crippen molar-refractivity contribution in [2.75, 3.05) is 5.32 Å². The number of fused-ring (bicyclic) bond motifs is 1. The van der Waals surface area contributed by atoms with Crippen LogP contribution in [0.4, 0.5) is 9.52 Å². The van der Waals surface area contributed by atoms with Crippen molar-refractivity contribution in [3.8, 4) is 0 Å². The second kappa shape index (κ2) is 7.75. The number of aryl methyl sites for hydroxylation is 1. The van der Waals surface area contributed by atoms with Crippen molar-refractivity contribution in [2.24, 2.45) is 0 Å². The van der Waals surface area contributed by atoms with Crippen LogP contribution in [-0.2, 0) is 12.3 Å². The van der Waals surface area contributed by atoms with Gasteiger partial charge in [-0.05, 0) is 24.6 Å². The average molecular weight is 420 g/mol. The van der Waals surface area contributed by atoms with Gasteiger partial charge in [0.2, 0.25) is 5.13 Å². The number of halogens is 1. The van der Waals surface area contributed by atoms with Crippen molar-refractivity contribution in [1.29, 1.82) is 0 Å². The van der Waals surface area contributed by atoms with Crippen LogP contribution in [0.1, 0.15) is 17.0 Å². The molecule has 27 heavy (non-hydrogen) atoms. The molecule has 3 heterocycles. The summed E-state index contributed by atoms with van der Waals surface area (Å²) in [4.78, 5) is 17.4. The molecule has 0 spiro atoms. The lowest BCUT2D eigenvalue weighted by Gasteiger charge is -2.01. The zero-order chi connectivity index (χ0) is 18.8. The summed E-state index contributed by atoms with van der Waals surface area (Å²) in [7, 11) is 0. The fraction of sp³-hybridized carbons (Fsp3) is 0.176. The molecule has 0 saturated heterocycles. The molecule has 10 heteroatoms. The van der Waals surface area contributed by atoms with Crippen LogP contribution >= 0.6 is 34.4 Å². The third kappa shape index (κ3) is 4.18. The Morgan fingerprint density at radius 3 is 2.89 bits per heavy atom. The highest BCUT2D eigenvalue weighted by molar-refractivity contribution is 8.00. The number of rotatable bonds is 6. The van der Waals surface area contributed by atoms with E-state index in [0.29, 0.717) is 22.4 Å². The minimum atomic E-state index is -0.252. The SMILES string of the molecule is Cc1csc2nc(CSc3nnc(NCc4ccc(F)cc4)s3)cc(=O)n12. The summed E-state index contributed by atoms with van der Waals surface area (Å²) in [5, 5.41) is 14.0. The fourth-order valence-electron chi connectivity index (χ4n) is 2.43. The molecule has 0 aliphatic rings. The van der Waals surface area contributed by atoms with E-state index < -0.39 is 0 Å². The number of hydrogen-bond donors (Lipinski definition) is 1. The van der Waals surface area contributed by atoms with E-state index >= 15 is 0 Å². The van der Waals surface area contributed by atoms with Crippen LogP contribution in [0, 0.1) is 12.7 Å². The Labute approximate surface area is 166 Å². The topological polar surface area (TPSA) is 72.2 Å². The van der Waals surface area contributed by atoms with Crippen molar-refractivity contribution < 1.29 is 4.39 Å². The molecule has 0 atom stereocenters. The van der Waals surface area contributed by atoms with Crippen LogP contribution in [0.3, 0.4) is 0 Å². The molecule has 0 radical (unpaired) electrons. The Morgan fingerprint density at radius 1 is 1.26 bits per heavy atom. The van der Waals surface area contributed by atoms with Gasteiger partial charge in [0, 0.05) is 29.4 Å². The lowest BCUT2D eigenvalue weighted by molar-refractivity contribution is 0.627. The average Bonchev–Trinajstić information content (AvgIpc) is 3.26. The summed E-state index contributed by atoms with van der Waals surface area (Å²) in [6, 6.07) is 7.88. The molecule has 138 valence electrons. The Bertz CT molecular complexity index is 1140. The van der Waals surface area contributed by atoms with Gasteiger partial charge in [-0.3, -0.25) is 9.20 Å². The van der Waals surface area contributed by atoms with Gasteiger partial charge in [0.05, 0.1) is 5.69 Å². The maximum Gasteiger partial charge on any atom is 0.258 e. The van der Waals surface area contributed by atoms with Crippen molar-refractivity contribution in [3.63, 3.8) is 0 Å². The maximum absolute atomic E-state index is 12.9. The third-order valence-electron chi connectivity index (χ3n) is 3.74. The van der Waals surface area contributed by atoms with E-state index in [1.807, 2.05) is 12.3 Å². The lowest BCUT2D eigenvalue weighted by atomic mass is 10.2. The Balaban J connectivity index is 1.38. The molecule has 0 bridgehead atoms. The second-order valence-electron chi connectivity index (χ2n) is 5.72. The van der Waals surface area contributed by atoms with E-state index in [9.17, 15) is 9.18 Å². The first-order valence-electron chi connectivity index (χ1n) is 8.00. The minimum Gasteiger partial charge on any atom is -0.356 e. The van der Waals surface area contributed by atoms with E-state index in [4.69, 9.17) is 0 Å². The van der Waals surface area contributed by atoms with E-state index in [2.05, 4.69) is 20.5 Å². The van der Waals surface area contributed by atoms with Crippen molar-refractivity contribution in [1.82, 2.24) is 19.6 Å². The molecule has 4 rings (SSSR count). The first kappa shape index (κ1) is 18.1. The molecule has 0 unspecified atom stereocenters. The summed E-state index contributed by atoms with van der Waals surface area (Å²) in [6.45, 7) is 2.44. The van der Waals surface area contributed by atoms with Crippen LogP contribution in [0.2, 0.25) is 0 Å². The fourth-order valence-corrected chi connectivity index (χ4v) is 4.96. The first-order chi connectivity index (χ1) is 13.1. The van der Waals surface area contributed by atoms with Crippen LogP contribution < -0.4 is 10.9 Å². The number of thiazole rings is 1. The molecular formula is C17H14FN5OS3. The summed E-state index contributed by atoms with van der Waals surface area (Å²) in [6.07, 6.45) is 0. The van der Waals surface area contributed by atoms with Crippen LogP contribution in [0.5, 0.6) is 0 Å². The molecule has 3 aromatic heterocycles. The van der Waals surface area contributed by atoms with E-state index in [1.165, 1.54) is 46.6 Å². The van der Waals surface area contributed by atoms with Crippen molar-refractivity contribution in [3.05, 3.63) is 68.8 Å². The van der Waals surface area contributed by atoms with Gasteiger partial charge in [0.25, 0.3) is 5.56 Å². The van der Waals surface area contributed by atoms with Gasteiger partial charge < -0.3 is 5.32 Å². The lowest BCUT2D eigenvalue weighted by Crippen LogP contribution is -2.14. The van der Waals surface area contributed by atoms with Gasteiger partial charge >= 0.3 is 0 Å². The predicted octanol–water partition coefficient (Wildman–Crippen LogP) is 3.96. The predicted molar refractivity (Wildman–Crippen MR) is 107 cm³/mol. The molecular weight excluding hydrogens is 405 g/mol. The largest absolute Gasteiger partial charge is 0.356 e. The van der Waals surface area contributed by atoms with Gasteiger partial charge in [-0.15, -0.1) is 21.5 Å². The molecule has 0 fully saturated rings. The molecule has 1 N–H and O–H groups in total. The Kier molecular flexibility index (Phi) is 5.19. The summed E-state index contributed by atoms with van der Waals surface area (Å²) < 4.78 is 15.3. The number of hydrogen-bond acceptors (Lipinski definition) is 8. The van der Waals surface area contributed by atoms with Gasteiger partial charge in [-0.1, -0.05) is 35.2 Å². The third-order valence-corrected chi connectivity index (χ3v) is 6.73. The van der Waals surface area contributed by atoms with Crippen LogP contribution in [0.15, 0.2) is 44.8 Å². The highest BCUT2D eigenvalue weighted by Gasteiger charge is 2.09. The quantitative estimate of drug-likeness (QED) is 0.477.